The summed E-state index contributed by atoms with van der Waals surface area (Å²) in [4.78, 5) is 46.4. The Morgan fingerprint density at radius 3 is 2.06 bits per heavy atom. The first-order valence-corrected chi connectivity index (χ1v) is 20.7. The average molecular weight is 766 g/mol. The molecule has 5 rings (SSSR count). The van der Waals surface area contributed by atoms with Gasteiger partial charge >= 0.3 is 7.60 Å². The zero-order chi connectivity index (χ0) is 38.3. The second-order valence-corrected chi connectivity index (χ2v) is 16.8. The van der Waals surface area contributed by atoms with Crippen molar-refractivity contribution < 1.29 is 37.8 Å². The number of rotatable bonds is 20. The number of aliphatic hydroxyl groups excluding tert-OH is 1. The fraction of sp³-hybridized carbons (Fsp3) is 0.550. The van der Waals surface area contributed by atoms with Crippen molar-refractivity contribution in [2.45, 2.75) is 114 Å². The molecule has 1 unspecified atom stereocenters. The Morgan fingerprint density at radius 1 is 0.815 bits per heavy atom. The SMILES string of the molecule is COP(=O)(OC)C(O)[C@H](CC1CCCCC1)NC(=O)[C@H](Cc1cncn1COCc1ccccc1)NC(=O)[C@H](Cc1ccccc1)NC(=O)C1CCCC1. The lowest BCUT2D eigenvalue weighted by Crippen LogP contribution is -2.58. The standard InChI is InChI=1S/C40H56N5O8P/c1-51-54(50,52-2)40(49)36(23-30-16-8-4-9-17-30)44-39(48)35(24-33-25-41-27-45(33)28-53-26-31-18-10-5-11-19-31)43-38(47)34(22-29-14-6-3-7-15-29)42-37(46)32-20-12-13-21-32/h3,5-7,10-11,14-15,18-19,25,27,30,32,34-36,40,49H,4,8-9,12-13,16-17,20-24,26,28H2,1-2H3,(H,42,46)(H,43,47)(H,44,48)/t34-,35-,36-,40?/m0/s1. The van der Waals surface area contributed by atoms with Crippen molar-refractivity contribution in [3.8, 4) is 0 Å². The van der Waals surface area contributed by atoms with Gasteiger partial charge in [0.2, 0.25) is 17.7 Å². The molecule has 2 aliphatic carbocycles. The summed E-state index contributed by atoms with van der Waals surface area (Å²) in [6.45, 7) is 0.509. The predicted molar refractivity (Wildman–Crippen MR) is 204 cm³/mol. The zero-order valence-electron chi connectivity index (χ0n) is 31.4. The van der Waals surface area contributed by atoms with Gasteiger partial charge in [0.25, 0.3) is 0 Å². The molecule has 2 aromatic carbocycles. The number of aliphatic hydroxyl groups is 1. The van der Waals surface area contributed by atoms with E-state index in [2.05, 4.69) is 20.9 Å². The highest BCUT2D eigenvalue weighted by Gasteiger charge is 2.42. The zero-order valence-corrected chi connectivity index (χ0v) is 32.3. The van der Waals surface area contributed by atoms with Crippen molar-refractivity contribution in [1.82, 2.24) is 25.5 Å². The number of nitrogens with zero attached hydrogens (tertiary/aromatic N) is 2. The van der Waals surface area contributed by atoms with Crippen LogP contribution in [0.4, 0.5) is 0 Å². The number of carbonyl (C=O) groups is 3. The number of hydrogen-bond acceptors (Lipinski definition) is 9. The van der Waals surface area contributed by atoms with Crippen LogP contribution in [0.1, 0.15) is 81.0 Å². The molecule has 2 aliphatic rings. The summed E-state index contributed by atoms with van der Waals surface area (Å²) in [6, 6.07) is 16.0. The lowest BCUT2D eigenvalue weighted by atomic mass is 9.85. The molecule has 1 aromatic heterocycles. The summed E-state index contributed by atoms with van der Waals surface area (Å²) >= 11 is 0. The Bertz CT molecular complexity index is 1650. The molecule has 294 valence electrons. The molecular formula is C40H56N5O8P. The van der Waals surface area contributed by atoms with Crippen molar-refractivity contribution >= 4 is 25.3 Å². The Balaban J connectivity index is 1.40. The third kappa shape index (κ3) is 11.8. The fourth-order valence-electron chi connectivity index (χ4n) is 7.53. The van der Waals surface area contributed by atoms with Gasteiger partial charge in [-0.2, -0.15) is 0 Å². The third-order valence-corrected chi connectivity index (χ3v) is 12.7. The summed E-state index contributed by atoms with van der Waals surface area (Å²) in [6.07, 6.45) is 12.2. The van der Waals surface area contributed by atoms with Crippen LogP contribution in [-0.4, -0.2) is 70.6 Å². The monoisotopic (exact) mass is 765 g/mol. The largest absolute Gasteiger partial charge is 0.379 e. The molecule has 0 spiro atoms. The number of aromatic nitrogens is 2. The van der Waals surface area contributed by atoms with Crippen LogP contribution in [0, 0.1) is 11.8 Å². The second-order valence-electron chi connectivity index (χ2n) is 14.5. The molecular weight excluding hydrogens is 709 g/mol. The third-order valence-electron chi connectivity index (χ3n) is 10.7. The molecule has 3 amide bonds. The summed E-state index contributed by atoms with van der Waals surface area (Å²) in [7, 11) is -1.62. The Morgan fingerprint density at radius 2 is 1.41 bits per heavy atom. The van der Waals surface area contributed by atoms with E-state index in [0.29, 0.717) is 18.7 Å². The van der Waals surface area contributed by atoms with E-state index in [-0.39, 0.29) is 37.3 Å². The molecule has 0 aliphatic heterocycles. The van der Waals surface area contributed by atoms with E-state index in [1.807, 2.05) is 60.7 Å². The van der Waals surface area contributed by atoms with E-state index < -0.39 is 43.4 Å². The molecule has 0 saturated heterocycles. The highest BCUT2D eigenvalue weighted by Crippen LogP contribution is 2.52. The first-order valence-electron chi connectivity index (χ1n) is 19.1. The average Bonchev–Trinajstić information content (AvgIpc) is 3.91. The van der Waals surface area contributed by atoms with Crippen molar-refractivity contribution in [1.29, 1.82) is 0 Å². The van der Waals surface area contributed by atoms with Crippen LogP contribution < -0.4 is 16.0 Å². The van der Waals surface area contributed by atoms with Crippen molar-refractivity contribution in [3.05, 3.63) is 90.0 Å². The number of hydrogen-bond donors (Lipinski definition) is 4. The Hall–Kier alpha value is -3.87. The number of carbonyl (C=O) groups excluding carboxylic acids is 3. The van der Waals surface area contributed by atoms with Gasteiger partial charge < -0.3 is 39.4 Å². The molecule has 14 heteroatoms. The van der Waals surface area contributed by atoms with E-state index in [1.165, 1.54) is 14.2 Å². The predicted octanol–water partition coefficient (Wildman–Crippen LogP) is 5.26. The molecule has 54 heavy (non-hydrogen) atoms. The van der Waals surface area contributed by atoms with Gasteiger partial charge in [-0.1, -0.05) is 106 Å². The highest BCUT2D eigenvalue weighted by atomic mass is 31.2. The topological polar surface area (TPSA) is 170 Å². The van der Waals surface area contributed by atoms with Gasteiger partial charge in [0, 0.05) is 44.9 Å². The Labute approximate surface area is 318 Å². The van der Waals surface area contributed by atoms with Crippen molar-refractivity contribution in [3.63, 3.8) is 0 Å². The second kappa shape index (κ2) is 20.7. The van der Waals surface area contributed by atoms with Crippen LogP contribution in [-0.2, 0) is 58.9 Å². The molecule has 4 atom stereocenters. The minimum atomic E-state index is -4.02. The summed E-state index contributed by atoms with van der Waals surface area (Å²) in [5.74, 6) is -2.94. The maximum absolute atomic E-state index is 14.4. The van der Waals surface area contributed by atoms with E-state index >= 15 is 0 Å². The number of ether oxygens (including phenoxy) is 1. The van der Waals surface area contributed by atoms with Gasteiger partial charge in [-0.25, -0.2) is 4.98 Å². The normalized spacial score (nSPS) is 17.7. The number of amides is 3. The van der Waals surface area contributed by atoms with Crippen LogP contribution in [0.2, 0.25) is 0 Å². The Kier molecular flexibility index (Phi) is 15.8. The lowest BCUT2D eigenvalue weighted by molar-refractivity contribution is -0.133. The van der Waals surface area contributed by atoms with Gasteiger partial charge in [0.1, 0.15) is 18.8 Å². The quantitative estimate of drug-likeness (QED) is 0.112. The van der Waals surface area contributed by atoms with E-state index in [0.717, 1.165) is 68.9 Å². The molecule has 13 nitrogen and oxygen atoms in total. The highest BCUT2D eigenvalue weighted by molar-refractivity contribution is 7.54. The summed E-state index contributed by atoms with van der Waals surface area (Å²) in [5.41, 5.74) is 2.46. The van der Waals surface area contributed by atoms with Crippen molar-refractivity contribution in [2.24, 2.45) is 11.8 Å². The number of nitrogens with one attached hydrogen (secondary N) is 3. The molecule has 0 radical (unpaired) electrons. The molecule has 2 fully saturated rings. The maximum atomic E-state index is 14.4. The van der Waals surface area contributed by atoms with Gasteiger partial charge in [0.05, 0.1) is 19.0 Å². The first-order chi connectivity index (χ1) is 26.2. The maximum Gasteiger partial charge on any atom is 0.360 e. The molecule has 4 N–H and O–H groups in total. The number of imidazole rings is 1. The van der Waals surface area contributed by atoms with Crippen LogP contribution in [0.3, 0.4) is 0 Å². The van der Waals surface area contributed by atoms with Crippen LogP contribution >= 0.6 is 7.60 Å². The smallest absolute Gasteiger partial charge is 0.360 e. The molecule has 1 heterocycles. The lowest BCUT2D eigenvalue weighted by Gasteiger charge is -2.33. The summed E-state index contributed by atoms with van der Waals surface area (Å²) < 4.78 is 31.5. The van der Waals surface area contributed by atoms with Gasteiger partial charge in [-0.15, -0.1) is 0 Å². The van der Waals surface area contributed by atoms with Crippen LogP contribution in [0.5, 0.6) is 0 Å². The minimum Gasteiger partial charge on any atom is -0.379 e. The van der Waals surface area contributed by atoms with E-state index in [4.69, 9.17) is 13.8 Å². The first kappa shape index (κ1) is 41.3. The fourth-order valence-corrected chi connectivity index (χ4v) is 8.75. The van der Waals surface area contributed by atoms with Crippen molar-refractivity contribution in [2.75, 3.05) is 14.2 Å². The van der Waals surface area contributed by atoms with Crippen LogP contribution in [0.15, 0.2) is 73.2 Å². The van der Waals surface area contributed by atoms with Gasteiger partial charge in [-0.05, 0) is 36.3 Å². The van der Waals surface area contributed by atoms with Gasteiger partial charge in [0.15, 0.2) is 5.85 Å². The number of benzene rings is 2. The van der Waals surface area contributed by atoms with Gasteiger partial charge in [-0.3, -0.25) is 18.9 Å². The molecule has 3 aromatic rings. The summed E-state index contributed by atoms with van der Waals surface area (Å²) in [5, 5.41) is 20.3. The van der Waals surface area contributed by atoms with E-state index in [1.54, 1.807) is 17.1 Å². The minimum absolute atomic E-state index is 0.0133. The van der Waals surface area contributed by atoms with E-state index in [9.17, 15) is 24.1 Å². The molecule has 2 saturated carbocycles. The molecule has 0 bridgehead atoms. The van der Waals surface area contributed by atoms with Crippen LogP contribution in [0.25, 0.3) is 0 Å².